The number of carbonyl (C=O) groups excluding carboxylic acids is 1. The van der Waals surface area contributed by atoms with Crippen LogP contribution in [-0.4, -0.2) is 39.1 Å². The lowest BCUT2D eigenvalue weighted by Crippen LogP contribution is -2.45. The number of hydrogen-bond donors (Lipinski definition) is 3. The zero-order valence-electron chi connectivity index (χ0n) is 9.44. The van der Waals surface area contributed by atoms with Crippen molar-refractivity contribution in [2.24, 2.45) is 11.3 Å². The smallest absolute Gasteiger partial charge is 0.227 e. The van der Waals surface area contributed by atoms with Crippen molar-refractivity contribution in [1.29, 1.82) is 0 Å². The molecule has 0 unspecified atom stereocenters. The van der Waals surface area contributed by atoms with Crippen molar-refractivity contribution in [2.45, 2.75) is 19.3 Å². The van der Waals surface area contributed by atoms with E-state index in [-0.39, 0.29) is 11.3 Å². The SMILES string of the molecule is CNCCNC(=O)[C@@]12CCC[C@@H]1CNC2. The van der Waals surface area contributed by atoms with Gasteiger partial charge < -0.3 is 16.0 Å². The van der Waals surface area contributed by atoms with Crippen LogP contribution in [0.5, 0.6) is 0 Å². The van der Waals surface area contributed by atoms with Gasteiger partial charge in [-0.05, 0) is 32.4 Å². The summed E-state index contributed by atoms with van der Waals surface area (Å²) in [4.78, 5) is 12.1. The van der Waals surface area contributed by atoms with Gasteiger partial charge in [-0.25, -0.2) is 0 Å². The van der Waals surface area contributed by atoms with Crippen LogP contribution in [0.3, 0.4) is 0 Å². The predicted molar refractivity (Wildman–Crippen MR) is 59.6 cm³/mol. The average Bonchev–Trinajstić information content (AvgIpc) is 2.76. The summed E-state index contributed by atoms with van der Waals surface area (Å²) < 4.78 is 0. The minimum absolute atomic E-state index is 0.0757. The lowest BCUT2D eigenvalue weighted by Gasteiger charge is -2.26. The van der Waals surface area contributed by atoms with Crippen LogP contribution < -0.4 is 16.0 Å². The van der Waals surface area contributed by atoms with Gasteiger partial charge in [0.15, 0.2) is 0 Å². The van der Waals surface area contributed by atoms with Gasteiger partial charge >= 0.3 is 0 Å². The molecule has 2 fully saturated rings. The van der Waals surface area contributed by atoms with Gasteiger partial charge in [0, 0.05) is 19.6 Å². The van der Waals surface area contributed by atoms with Crippen LogP contribution in [0.4, 0.5) is 0 Å². The second kappa shape index (κ2) is 4.49. The molecule has 1 saturated heterocycles. The Morgan fingerprint density at radius 1 is 1.53 bits per heavy atom. The molecule has 0 aromatic heterocycles. The van der Waals surface area contributed by atoms with E-state index < -0.39 is 0 Å². The third kappa shape index (κ3) is 1.88. The molecule has 4 heteroatoms. The first-order valence-electron chi connectivity index (χ1n) is 5.93. The maximum Gasteiger partial charge on any atom is 0.227 e. The molecule has 0 bridgehead atoms. The van der Waals surface area contributed by atoms with E-state index in [0.29, 0.717) is 5.92 Å². The lowest BCUT2D eigenvalue weighted by molar-refractivity contribution is -0.131. The fourth-order valence-electron chi connectivity index (χ4n) is 3.00. The first-order chi connectivity index (χ1) is 7.29. The zero-order chi connectivity index (χ0) is 10.7. The van der Waals surface area contributed by atoms with Gasteiger partial charge in [-0.1, -0.05) is 6.42 Å². The highest BCUT2D eigenvalue weighted by Crippen LogP contribution is 2.45. The molecule has 0 aromatic rings. The Kier molecular flexibility index (Phi) is 3.26. The van der Waals surface area contributed by atoms with Gasteiger partial charge in [-0.3, -0.25) is 4.79 Å². The number of hydrogen-bond acceptors (Lipinski definition) is 3. The van der Waals surface area contributed by atoms with Crippen molar-refractivity contribution in [3.63, 3.8) is 0 Å². The van der Waals surface area contributed by atoms with Crippen LogP contribution in [-0.2, 0) is 4.79 Å². The van der Waals surface area contributed by atoms with Crippen LogP contribution in [0.25, 0.3) is 0 Å². The molecule has 1 saturated carbocycles. The molecule has 4 nitrogen and oxygen atoms in total. The molecule has 1 aliphatic carbocycles. The van der Waals surface area contributed by atoms with Gasteiger partial charge in [0.05, 0.1) is 5.41 Å². The fraction of sp³-hybridized carbons (Fsp3) is 0.909. The molecule has 1 heterocycles. The molecule has 15 heavy (non-hydrogen) atoms. The van der Waals surface area contributed by atoms with E-state index in [1.54, 1.807) is 0 Å². The molecular weight excluding hydrogens is 190 g/mol. The third-order valence-electron chi connectivity index (χ3n) is 3.90. The second-order valence-corrected chi connectivity index (χ2v) is 4.74. The van der Waals surface area contributed by atoms with Crippen LogP contribution in [0, 0.1) is 11.3 Å². The molecule has 86 valence electrons. The van der Waals surface area contributed by atoms with Crippen LogP contribution in [0.1, 0.15) is 19.3 Å². The summed E-state index contributed by atoms with van der Waals surface area (Å²) in [5.41, 5.74) is -0.0757. The number of nitrogens with one attached hydrogen (secondary N) is 3. The maximum absolute atomic E-state index is 12.1. The summed E-state index contributed by atoms with van der Waals surface area (Å²) in [6.07, 6.45) is 3.49. The topological polar surface area (TPSA) is 53.2 Å². The number of carbonyl (C=O) groups is 1. The Bertz CT molecular complexity index is 232. The van der Waals surface area contributed by atoms with Gasteiger partial charge in [0.1, 0.15) is 0 Å². The Morgan fingerprint density at radius 2 is 2.40 bits per heavy atom. The largest absolute Gasteiger partial charge is 0.354 e. The van der Waals surface area contributed by atoms with Crippen molar-refractivity contribution >= 4 is 5.91 Å². The highest BCUT2D eigenvalue weighted by Gasteiger charge is 2.51. The Hall–Kier alpha value is -0.610. The number of likely N-dealkylation sites (N-methyl/N-ethyl adjacent to an activating group) is 1. The van der Waals surface area contributed by atoms with E-state index in [1.165, 1.54) is 12.8 Å². The normalized spacial score (nSPS) is 34.1. The van der Waals surface area contributed by atoms with Crippen molar-refractivity contribution in [3.05, 3.63) is 0 Å². The molecule has 1 amide bonds. The minimum atomic E-state index is -0.0757. The van der Waals surface area contributed by atoms with Crippen LogP contribution in [0.15, 0.2) is 0 Å². The van der Waals surface area contributed by atoms with Gasteiger partial charge in [0.2, 0.25) is 5.91 Å². The second-order valence-electron chi connectivity index (χ2n) is 4.74. The summed E-state index contributed by atoms with van der Waals surface area (Å²) in [5.74, 6) is 0.845. The van der Waals surface area contributed by atoms with Gasteiger partial charge in [0.25, 0.3) is 0 Å². The number of fused-ring (bicyclic) bond motifs is 1. The fourth-order valence-corrected chi connectivity index (χ4v) is 3.00. The molecule has 0 aromatic carbocycles. The minimum Gasteiger partial charge on any atom is -0.354 e. The average molecular weight is 211 g/mol. The third-order valence-corrected chi connectivity index (χ3v) is 3.90. The number of amides is 1. The molecule has 3 N–H and O–H groups in total. The van der Waals surface area contributed by atoms with E-state index in [2.05, 4.69) is 16.0 Å². The molecule has 2 rings (SSSR count). The van der Waals surface area contributed by atoms with E-state index in [4.69, 9.17) is 0 Å². The van der Waals surface area contributed by atoms with Crippen LogP contribution >= 0.6 is 0 Å². The summed E-state index contributed by atoms with van der Waals surface area (Å²) in [7, 11) is 1.90. The molecule has 2 atom stereocenters. The first-order valence-corrected chi connectivity index (χ1v) is 5.93. The molecular formula is C11H21N3O. The number of rotatable bonds is 4. The summed E-state index contributed by atoms with van der Waals surface area (Å²) in [6.45, 7) is 3.49. The van der Waals surface area contributed by atoms with E-state index >= 15 is 0 Å². The van der Waals surface area contributed by atoms with Gasteiger partial charge in [-0.15, -0.1) is 0 Å². The summed E-state index contributed by atoms with van der Waals surface area (Å²) >= 11 is 0. The summed E-state index contributed by atoms with van der Waals surface area (Å²) in [5, 5.41) is 9.45. The molecule has 0 radical (unpaired) electrons. The zero-order valence-corrected chi connectivity index (χ0v) is 9.44. The lowest BCUT2D eigenvalue weighted by atomic mass is 9.80. The highest BCUT2D eigenvalue weighted by molar-refractivity contribution is 5.84. The Balaban J connectivity index is 1.92. The van der Waals surface area contributed by atoms with E-state index in [1.807, 2.05) is 7.05 Å². The predicted octanol–water partition coefficient (Wildman–Crippen LogP) is -0.288. The standard InChI is InChI=1S/C11H21N3O/c1-12-5-6-14-10(15)11-4-2-3-9(11)7-13-8-11/h9,12-13H,2-8H2,1H3,(H,14,15)/t9-,11-/m1/s1. The Labute approximate surface area is 91.2 Å². The van der Waals surface area contributed by atoms with Crippen molar-refractivity contribution in [3.8, 4) is 0 Å². The monoisotopic (exact) mass is 211 g/mol. The van der Waals surface area contributed by atoms with E-state index in [9.17, 15) is 4.79 Å². The van der Waals surface area contributed by atoms with E-state index in [0.717, 1.165) is 32.6 Å². The molecule has 0 spiro atoms. The maximum atomic E-state index is 12.1. The Morgan fingerprint density at radius 3 is 3.20 bits per heavy atom. The first kappa shape index (κ1) is 10.9. The molecule has 1 aliphatic heterocycles. The van der Waals surface area contributed by atoms with Crippen molar-refractivity contribution in [1.82, 2.24) is 16.0 Å². The van der Waals surface area contributed by atoms with Crippen molar-refractivity contribution < 1.29 is 4.79 Å². The summed E-state index contributed by atoms with van der Waals surface area (Å²) in [6, 6.07) is 0. The van der Waals surface area contributed by atoms with Crippen molar-refractivity contribution in [2.75, 3.05) is 33.2 Å². The van der Waals surface area contributed by atoms with Gasteiger partial charge in [-0.2, -0.15) is 0 Å². The highest BCUT2D eigenvalue weighted by atomic mass is 16.2. The van der Waals surface area contributed by atoms with Crippen LogP contribution in [0.2, 0.25) is 0 Å². The quantitative estimate of drug-likeness (QED) is 0.560. The molecule has 2 aliphatic rings.